The van der Waals surface area contributed by atoms with Crippen molar-refractivity contribution in [2.75, 3.05) is 5.32 Å². The summed E-state index contributed by atoms with van der Waals surface area (Å²) in [6, 6.07) is 8.27. The molecule has 4 rings (SSSR count). The van der Waals surface area contributed by atoms with Gasteiger partial charge in [-0.25, -0.2) is 9.37 Å². The van der Waals surface area contributed by atoms with Crippen LogP contribution >= 0.6 is 22.9 Å². The Hall–Kier alpha value is -3.24. The summed E-state index contributed by atoms with van der Waals surface area (Å²) < 4.78 is 53.5. The summed E-state index contributed by atoms with van der Waals surface area (Å²) in [5.74, 6) is -1.38. The normalized spacial score (nSPS) is 11.6. The van der Waals surface area contributed by atoms with Gasteiger partial charge in [-0.3, -0.25) is 14.0 Å². The molecule has 0 aliphatic rings. The maximum atomic E-state index is 13.2. The lowest BCUT2D eigenvalue weighted by molar-refractivity contribution is -0.137. The number of thiazole rings is 1. The molecule has 0 spiro atoms. The summed E-state index contributed by atoms with van der Waals surface area (Å²) in [7, 11) is 0. The van der Waals surface area contributed by atoms with E-state index in [-0.39, 0.29) is 11.3 Å². The van der Waals surface area contributed by atoms with Gasteiger partial charge >= 0.3 is 6.18 Å². The minimum absolute atomic E-state index is 0.185. The molecule has 2 aromatic heterocycles. The molecule has 2 aromatic carbocycles. The summed E-state index contributed by atoms with van der Waals surface area (Å²) in [5, 5.41) is 3.38. The molecule has 0 saturated carbocycles. The zero-order valence-electron chi connectivity index (χ0n) is 15.2. The van der Waals surface area contributed by atoms with Crippen LogP contribution in [0, 0.1) is 5.82 Å². The number of fused-ring (bicyclic) bond motifs is 1. The van der Waals surface area contributed by atoms with Gasteiger partial charge in [0.2, 0.25) is 0 Å². The van der Waals surface area contributed by atoms with Crippen LogP contribution in [0.5, 0.6) is 0 Å². The van der Waals surface area contributed by atoms with Crippen LogP contribution in [0.15, 0.2) is 58.8 Å². The van der Waals surface area contributed by atoms with Crippen LogP contribution in [-0.4, -0.2) is 15.3 Å². The number of carbonyl (C=O) groups is 1. The van der Waals surface area contributed by atoms with Crippen molar-refractivity contribution in [1.29, 1.82) is 0 Å². The van der Waals surface area contributed by atoms with E-state index in [0.717, 1.165) is 23.6 Å². The van der Waals surface area contributed by atoms with Gasteiger partial charge < -0.3 is 5.32 Å². The Labute approximate surface area is 180 Å². The van der Waals surface area contributed by atoms with E-state index in [1.165, 1.54) is 34.7 Å². The molecule has 0 unspecified atom stereocenters. The van der Waals surface area contributed by atoms with E-state index in [9.17, 15) is 27.2 Å². The van der Waals surface area contributed by atoms with Crippen molar-refractivity contribution in [1.82, 2.24) is 9.38 Å². The van der Waals surface area contributed by atoms with Crippen molar-refractivity contribution in [2.45, 2.75) is 6.18 Å². The van der Waals surface area contributed by atoms with Crippen LogP contribution in [0.2, 0.25) is 5.02 Å². The highest BCUT2D eigenvalue weighted by molar-refractivity contribution is 7.15. The second-order valence-electron chi connectivity index (χ2n) is 6.37. The Bertz CT molecular complexity index is 1360. The van der Waals surface area contributed by atoms with Crippen molar-refractivity contribution in [3.63, 3.8) is 0 Å². The van der Waals surface area contributed by atoms with Gasteiger partial charge in [-0.05, 0) is 48.0 Å². The Morgan fingerprint density at radius 2 is 1.84 bits per heavy atom. The minimum Gasteiger partial charge on any atom is -0.322 e. The highest BCUT2D eigenvalue weighted by Crippen LogP contribution is 2.36. The molecule has 0 saturated heterocycles. The standard InChI is InChI=1S/C20H10ClF4N3O2S/c21-15-6-5-12(7-14(15)20(23,24)25)27-17(29)13-8-26-19-28(18(13)30)16(9-31-19)10-1-3-11(22)4-2-10/h1-9H,(H,27,29). The largest absolute Gasteiger partial charge is 0.417 e. The van der Waals surface area contributed by atoms with Crippen LogP contribution in [-0.2, 0) is 6.18 Å². The lowest BCUT2D eigenvalue weighted by Gasteiger charge is -2.11. The lowest BCUT2D eigenvalue weighted by atomic mass is 10.1. The molecule has 0 radical (unpaired) electrons. The summed E-state index contributed by atoms with van der Waals surface area (Å²) >= 11 is 6.72. The number of carbonyl (C=O) groups excluding carboxylic acids is 1. The zero-order valence-corrected chi connectivity index (χ0v) is 16.8. The van der Waals surface area contributed by atoms with E-state index < -0.39 is 34.0 Å². The molecule has 4 aromatic rings. The molecule has 158 valence electrons. The molecule has 1 N–H and O–H groups in total. The molecule has 2 heterocycles. The number of rotatable bonds is 3. The molecule has 31 heavy (non-hydrogen) atoms. The van der Waals surface area contributed by atoms with Gasteiger partial charge in [-0.15, -0.1) is 11.3 Å². The predicted molar refractivity (Wildman–Crippen MR) is 109 cm³/mol. The molecule has 0 bridgehead atoms. The first-order valence-electron chi connectivity index (χ1n) is 8.58. The molecular weight excluding hydrogens is 458 g/mol. The molecule has 1 amide bonds. The first kappa shape index (κ1) is 21.0. The number of amides is 1. The van der Waals surface area contributed by atoms with Gasteiger partial charge in [-0.2, -0.15) is 13.2 Å². The Morgan fingerprint density at radius 1 is 1.13 bits per heavy atom. The quantitative estimate of drug-likeness (QED) is 0.405. The van der Waals surface area contributed by atoms with Crippen LogP contribution in [0.25, 0.3) is 16.2 Å². The second-order valence-corrected chi connectivity index (χ2v) is 7.61. The van der Waals surface area contributed by atoms with Crippen molar-refractivity contribution in [2.24, 2.45) is 0 Å². The third-order valence-corrected chi connectivity index (χ3v) is 5.53. The number of anilines is 1. The third-order valence-electron chi connectivity index (χ3n) is 4.36. The SMILES string of the molecule is O=C(Nc1ccc(Cl)c(C(F)(F)F)c1)c1cnc2scc(-c3ccc(F)cc3)n2c1=O. The molecule has 5 nitrogen and oxygen atoms in total. The van der Waals surface area contributed by atoms with E-state index in [1.807, 2.05) is 0 Å². The maximum Gasteiger partial charge on any atom is 0.417 e. The number of hydrogen-bond acceptors (Lipinski definition) is 4. The summed E-state index contributed by atoms with van der Waals surface area (Å²) in [5.41, 5.74) is -1.46. The van der Waals surface area contributed by atoms with Gasteiger partial charge in [0.05, 0.1) is 16.3 Å². The monoisotopic (exact) mass is 467 g/mol. The van der Waals surface area contributed by atoms with E-state index in [0.29, 0.717) is 22.3 Å². The number of halogens is 5. The smallest absolute Gasteiger partial charge is 0.322 e. The third kappa shape index (κ3) is 4.04. The Balaban J connectivity index is 1.73. The summed E-state index contributed by atoms with van der Waals surface area (Å²) in [6.45, 7) is 0. The summed E-state index contributed by atoms with van der Waals surface area (Å²) in [4.78, 5) is 30.0. The lowest BCUT2D eigenvalue weighted by Crippen LogP contribution is -2.26. The highest BCUT2D eigenvalue weighted by atomic mass is 35.5. The molecule has 11 heteroatoms. The fourth-order valence-electron chi connectivity index (χ4n) is 2.89. The molecule has 0 aliphatic heterocycles. The number of nitrogens with one attached hydrogen (secondary N) is 1. The number of aromatic nitrogens is 2. The molecular formula is C20H10ClF4N3O2S. The van der Waals surface area contributed by atoms with Gasteiger partial charge in [0.15, 0.2) is 4.96 Å². The van der Waals surface area contributed by atoms with E-state index in [2.05, 4.69) is 10.3 Å². The van der Waals surface area contributed by atoms with Crippen LogP contribution in [0.4, 0.5) is 23.2 Å². The fourth-order valence-corrected chi connectivity index (χ4v) is 3.97. The average Bonchev–Trinajstić information content (AvgIpc) is 3.14. The maximum absolute atomic E-state index is 13.2. The highest BCUT2D eigenvalue weighted by Gasteiger charge is 2.33. The number of nitrogens with zero attached hydrogens (tertiary/aromatic N) is 2. The van der Waals surface area contributed by atoms with Crippen molar-refractivity contribution in [3.05, 3.63) is 86.4 Å². The second kappa shape index (κ2) is 7.78. The number of benzene rings is 2. The number of alkyl halides is 3. The van der Waals surface area contributed by atoms with E-state index in [4.69, 9.17) is 11.6 Å². The van der Waals surface area contributed by atoms with Crippen LogP contribution < -0.4 is 10.9 Å². The molecule has 0 atom stereocenters. The Morgan fingerprint density at radius 3 is 2.52 bits per heavy atom. The van der Waals surface area contributed by atoms with Crippen LogP contribution in [0.3, 0.4) is 0 Å². The first-order chi connectivity index (χ1) is 14.6. The minimum atomic E-state index is -4.71. The van der Waals surface area contributed by atoms with Crippen molar-refractivity contribution in [3.8, 4) is 11.3 Å². The fraction of sp³-hybridized carbons (Fsp3) is 0.0500. The van der Waals surface area contributed by atoms with Gasteiger partial charge in [-0.1, -0.05) is 11.6 Å². The van der Waals surface area contributed by atoms with Gasteiger partial charge in [0.25, 0.3) is 11.5 Å². The van der Waals surface area contributed by atoms with Crippen LogP contribution in [0.1, 0.15) is 15.9 Å². The van der Waals surface area contributed by atoms with E-state index in [1.54, 1.807) is 5.38 Å². The summed E-state index contributed by atoms with van der Waals surface area (Å²) in [6.07, 6.45) is -3.66. The molecule has 0 aliphatic carbocycles. The van der Waals surface area contributed by atoms with Crippen molar-refractivity contribution >= 4 is 39.5 Å². The first-order valence-corrected chi connectivity index (χ1v) is 9.84. The Kier molecular flexibility index (Phi) is 5.28. The van der Waals surface area contributed by atoms with E-state index >= 15 is 0 Å². The predicted octanol–water partition coefficient (Wildman–Crippen LogP) is 5.49. The topological polar surface area (TPSA) is 63.5 Å². The number of hydrogen-bond donors (Lipinski definition) is 1. The zero-order chi connectivity index (χ0) is 22.3. The average molecular weight is 468 g/mol. The van der Waals surface area contributed by atoms with Gasteiger partial charge in [0, 0.05) is 17.3 Å². The van der Waals surface area contributed by atoms with Gasteiger partial charge in [0.1, 0.15) is 11.4 Å². The molecule has 0 fully saturated rings. The van der Waals surface area contributed by atoms with Crippen molar-refractivity contribution < 1.29 is 22.4 Å².